The van der Waals surface area contributed by atoms with E-state index in [0.29, 0.717) is 19.7 Å². The lowest BCUT2D eigenvalue weighted by Crippen LogP contribution is -2.33. The highest BCUT2D eigenvalue weighted by atomic mass is 16.5. The minimum atomic E-state index is 0.0784. The summed E-state index contributed by atoms with van der Waals surface area (Å²) in [6.07, 6.45) is 2.69. The van der Waals surface area contributed by atoms with Crippen molar-refractivity contribution in [3.63, 3.8) is 0 Å². The summed E-state index contributed by atoms with van der Waals surface area (Å²) in [7, 11) is 5.70. The molecular formula is C24H28N4O2. The summed E-state index contributed by atoms with van der Waals surface area (Å²) >= 11 is 0. The summed E-state index contributed by atoms with van der Waals surface area (Å²) in [6, 6.07) is 16.2. The van der Waals surface area contributed by atoms with Crippen LogP contribution < -0.4 is 4.90 Å². The molecule has 6 nitrogen and oxygen atoms in total. The maximum absolute atomic E-state index is 13.0. The Bertz CT molecular complexity index is 1020. The molecule has 2 heterocycles. The molecule has 0 spiro atoms. The summed E-state index contributed by atoms with van der Waals surface area (Å²) < 4.78 is 7.51. The quantitative estimate of drug-likeness (QED) is 0.654. The molecule has 0 unspecified atom stereocenters. The van der Waals surface area contributed by atoms with E-state index in [2.05, 4.69) is 27.8 Å². The third-order valence-corrected chi connectivity index (χ3v) is 5.59. The number of nitrogens with zero attached hydrogens (tertiary/aromatic N) is 4. The predicted octanol–water partition coefficient (Wildman–Crippen LogP) is 3.46. The Balaban J connectivity index is 1.51. The summed E-state index contributed by atoms with van der Waals surface area (Å²) in [5.41, 5.74) is 5.17. The monoisotopic (exact) mass is 404 g/mol. The zero-order valence-corrected chi connectivity index (χ0v) is 17.8. The summed E-state index contributed by atoms with van der Waals surface area (Å²) in [4.78, 5) is 21.7. The molecule has 1 aliphatic heterocycles. The lowest BCUT2D eigenvalue weighted by atomic mass is 10.1. The molecule has 6 heteroatoms. The number of imidazole rings is 1. The molecule has 0 saturated heterocycles. The number of rotatable bonds is 5. The van der Waals surface area contributed by atoms with E-state index in [1.165, 1.54) is 0 Å². The molecule has 1 aliphatic rings. The van der Waals surface area contributed by atoms with Gasteiger partial charge in [0.25, 0.3) is 5.91 Å². The number of carbonyl (C=O) groups is 1. The number of anilines is 1. The number of carbonyl (C=O) groups excluding carboxylic acids is 1. The fourth-order valence-corrected chi connectivity index (χ4v) is 3.94. The molecular weight excluding hydrogens is 376 g/mol. The largest absolute Gasteiger partial charge is 0.380 e. The molecule has 4 rings (SSSR count). The number of hydrogen-bond acceptors (Lipinski definition) is 4. The topological polar surface area (TPSA) is 50.6 Å². The number of methoxy groups -OCH3 is 1. The molecule has 1 aromatic heterocycles. The van der Waals surface area contributed by atoms with E-state index in [9.17, 15) is 4.79 Å². The van der Waals surface area contributed by atoms with Crippen molar-refractivity contribution in [1.29, 1.82) is 0 Å². The second-order valence-electron chi connectivity index (χ2n) is 7.83. The third-order valence-electron chi connectivity index (χ3n) is 5.59. The van der Waals surface area contributed by atoms with Crippen LogP contribution in [0, 0.1) is 0 Å². The maximum Gasteiger partial charge on any atom is 0.253 e. The molecule has 3 aromatic rings. The molecule has 156 valence electrons. The van der Waals surface area contributed by atoms with Gasteiger partial charge in [0.15, 0.2) is 0 Å². The Morgan fingerprint density at radius 2 is 1.90 bits per heavy atom. The molecule has 0 saturated carbocycles. The highest BCUT2D eigenvalue weighted by Crippen LogP contribution is 2.24. The first-order valence-electron chi connectivity index (χ1n) is 10.3. The van der Waals surface area contributed by atoms with E-state index in [-0.39, 0.29) is 5.91 Å². The normalized spacial score (nSPS) is 13.6. The molecule has 0 aliphatic carbocycles. The molecule has 0 N–H and O–H groups in total. The average molecular weight is 405 g/mol. The van der Waals surface area contributed by atoms with Crippen molar-refractivity contribution >= 4 is 11.6 Å². The number of aromatic nitrogens is 2. The van der Waals surface area contributed by atoms with Crippen molar-refractivity contribution in [1.82, 2.24) is 14.5 Å². The zero-order chi connectivity index (χ0) is 21.1. The van der Waals surface area contributed by atoms with Crippen LogP contribution in [0.2, 0.25) is 0 Å². The van der Waals surface area contributed by atoms with Gasteiger partial charge in [-0.2, -0.15) is 0 Å². The van der Waals surface area contributed by atoms with Crippen molar-refractivity contribution in [2.75, 3.05) is 39.2 Å². The SMILES string of the molecule is COCc1cccc(-c2cnc3n2CCN(C(=O)c2ccc(N(C)C)cc2)CC3)c1. The van der Waals surface area contributed by atoms with Gasteiger partial charge in [-0.05, 0) is 35.9 Å². The van der Waals surface area contributed by atoms with Gasteiger partial charge >= 0.3 is 0 Å². The molecule has 0 atom stereocenters. The Morgan fingerprint density at radius 1 is 1.10 bits per heavy atom. The fourth-order valence-electron chi connectivity index (χ4n) is 3.94. The maximum atomic E-state index is 13.0. The van der Waals surface area contributed by atoms with Crippen molar-refractivity contribution in [3.8, 4) is 11.3 Å². The van der Waals surface area contributed by atoms with Crippen LogP contribution >= 0.6 is 0 Å². The average Bonchev–Trinajstić information content (AvgIpc) is 3.05. The van der Waals surface area contributed by atoms with Gasteiger partial charge in [0, 0.05) is 64.1 Å². The molecule has 0 bridgehead atoms. The van der Waals surface area contributed by atoms with Gasteiger partial charge in [0.1, 0.15) is 5.82 Å². The van der Waals surface area contributed by atoms with Crippen molar-refractivity contribution in [3.05, 3.63) is 71.7 Å². The van der Waals surface area contributed by atoms with Gasteiger partial charge in [-0.3, -0.25) is 4.79 Å². The number of ether oxygens (including phenoxy) is 1. The Labute approximate surface area is 177 Å². The van der Waals surface area contributed by atoms with Gasteiger partial charge in [0.2, 0.25) is 0 Å². The smallest absolute Gasteiger partial charge is 0.253 e. The standard InChI is InChI=1S/C24H28N4O2/c1-26(2)21-9-7-19(8-10-21)24(29)27-12-11-23-25-16-22(28(23)14-13-27)20-6-4-5-18(15-20)17-30-3/h4-10,15-16H,11-14,17H2,1-3H3. The first-order valence-corrected chi connectivity index (χ1v) is 10.3. The van der Waals surface area contributed by atoms with Gasteiger partial charge in [-0.15, -0.1) is 0 Å². The molecule has 0 fully saturated rings. The van der Waals surface area contributed by atoms with Gasteiger partial charge in [-0.1, -0.05) is 18.2 Å². The number of amides is 1. The fraction of sp³-hybridized carbons (Fsp3) is 0.333. The van der Waals surface area contributed by atoms with Crippen LogP contribution in [0.1, 0.15) is 21.7 Å². The van der Waals surface area contributed by atoms with E-state index in [4.69, 9.17) is 4.74 Å². The summed E-state index contributed by atoms with van der Waals surface area (Å²) in [5.74, 6) is 1.11. The van der Waals surface area contributed by atoms with Crippen molar-refractivity contribution in [2.24, 2.45) is 0 Å². The van der Waals surface area contributed by atoms with Gasteiger partial charge in [-0.25, -0.2) is 4.98 Å². The van der Waals surface area contributed by atoms with Crippen LogP contribution in [0.15, 0.2) is 54.7 Å². The number of fused-ring (bicyclic) bond motifs is 1. The van der Waals surface area contributed by atoms with Gasteiger partial charge < -0.3 is 19.1 Å². The zero-order valence-electron chi connectivity index (χ0n) is 17.8. The van der Waals surface area contributed by atoms with E-state index in [1.807, 2.05) is 60.4 Å². The Hall–Kier alpha value is -3.12. The third kappa shape index (κ3) is 4.09. The van der Waals surface area contributed by atoms with Crippen LogP contribution in [0.3, 0.4) is 0 Å². The van der Waals surface area contributed by atoms with Crippen LogP contribution in [-0.2, 0) is 24.3 Å². The van der Waals surface area contributed by atoms with Crippen molar-refractivity contribution in [2.45, 2.75) is 19.6 Å². The predicted molar refractivity (Wildman–Crippen MR) is 119 cm³/mol. The van der Waals surface area contributed by atoms with E-state index < -0.39 is 0 Å². The highest BCUT2D eigenvalue weighted by Gasteiger charge is 2.22. The van der Waals surface area contributed by atoms with Crippen LogP contribution in [-0.4, -0.2) is 54.7 Å². The van der Waals surface area contributed by atoms with Gasteiger partial charge in [0.05, 0.1) is 18.5 Å². The lowest BCUT2D eigenvalue weighted by Gasteiger charge is -2.21. The van der Waals surface area contributed by atoms with Crippen LogP contribution in [0.25, 0.3) is 11.3 Å². The van der Waals surface area contributed by atoms with Crippen LogP contribution in [0.4, 0.5) is 5.69 Å². The number of benzene rings is 2. The van der Waals surface area contributed by atoms with E-state index in [1.54, 1.807) is 7.11 Å². The lowest BCUT2D eigenvalue weighted by molar-refractivity contribution is 0.0759. The van der Waals surface area contributed by atoms with Crippen molar-refractivity contribution < 1.29 is 9.53 Å². The summed E-state index contributed by atoms with van der Waals surface area (Å²) in [6.45, 7) is 2.67. The summed E-state index contributed by atoms with van der Waals surface area (Å²) in [5, 5.41) is 0. The second-order valence-corrected chi connectivity index (χ2v) is 7.83. The minimum Gasteiger partial charge on any atom is -0.380 e. The molecule has 30 heavy (non-hydrogen) atoms. The molecule has 1 amide bonds. The number of hydrogen-bond donors (Lipinski definition) is 0. The molecule has 0 radical (unpaired) electrons. The first-order chi connectivity index (χ1) is 14.6. The Morgan fingerprint density at radius 3 is 2.63 bits per heavy atom. The minimum absolute atomic E-state index is 0.0784. The highest BCUT2D eigenvalue weighted by molar-refractivity contribution is 5.94. The first kappa shape index (κ1) is 20.2. The van der Waals surface area contributed by atoms with E-state index in [0.717, 1.165) is 46.9 Å². The Kier molecular flexibility index (Phi) is 5.86. The van der Waals surface area contributed by atoms with E-state index >= 15 is 0 Å². The molecule has 2 aromatic carbocycles. The second kappa shape index (κ2) is 8.71. The van der Waals surface area contributed by atoms with Crippen LogP contribution in [0.5, 0.6) is 0 Å².